The fraction of sp³-hybridized carbons (Fsp3) is 0.917. The fourth-order valence-corrected chi connectivity index (χ4v) is 2.23. The lowest BCUT2D eigenvalue weighted by atomic mass is 10.0. The molecule has 16 heavy (non-hydrogen) atoms. The molecule has 0 saturated heterocycles. The Kier molecular flexibility index (Phi) is 5.22. The second kappa shape index (κ2) is 6.21. The Bertz CT molecular complexity index is 221. The maximum atomic E-state index is 11.6. The van der Waals surface area contributed by atoms with E-state index < -0.39 is 0 Å². The van der Waals surface area contributed by atoms with Crippen LogP contribution in [0.4, 0.5) is 0 Å². The molecule has 1 fully saturated rings. The van der Waals surface area contributed by atoms with E-state index in [1.165, 1.54) is 12.8 Å². The van der Waals surface area contributed by atoms with Crippen molar-refractivity contribution in [2.75, 3.05) is 26.3 Å². The van der Waals surface area contributed by atoms with Gasteiger partial charge in [-0.15, -0.1) is 0 Å². The Labute approximate surface area is 98.1 Å². The van der Waals surface area contributed by atoms with Gasteiger partial charge < -0.3 is 15.4 Å². The van der Waals surface area contributed by atoms with E-state index >= 15 is 0 Å². The SMILES string of the molecule is CCN(CC)C(=O)COCC1(N)CCCC1. The molecule has 1 rings (SSSR count). The van der Waals surface area contributed by atoms with Gasteiger partial charge in [0.25, 0.3) is 0 Å². The normalized spacial score (nSPS) is 18.7. The highest BCUT2D eigenvalue weighted by molar-refractivity contribution is 5.77. The van der Waals surface area contributed by atoms with E-state index in [4.69, 9.17) is 10.5 Å². The first-order chi connectivity index (χ1) is 7.61. The van der Waals surface area contributed by atoms with Crippen molar-refractivity contribution >= 4 is 5.91 Å². The highest BCUT2D eigenvalue weighted by Gasteiger charge is 2.29. The summed E-state index contributed by atoms with van der Waals surface area (Å²) in [6.45, 7) is 6.12. The molecule has 0 aromatic rings. The molecule has 0 aromatic heterocycles. The number of hydrogen-bond donors (Lipinski definition) is 1. The van der Waals surface area contributed by atoms with Crippen LogP contribution in [0.25, 0.3) is 0 Å². The molecule has 4 nitrogen and oxygen atoms in total. The molecule has 94 valence electrons. The predicted molar refractivity (Wildman–Crippen MR) is 64.1 cm³/mol. The van der Waals surface area contributed by atoms with E-state index in [1.807, 2.05) is 13.8 Å². The quantitative estimate of drug-likeness (QED) is 0.742. The third kappa shape index (κ3) is 3.76. The van der Waals surface area contributed by atoms with Crippen molar-refractivity contribution in [3.05, 3.63) is 0 Å². The van der Waals surface area contributed by atoms with E-state index in [0.717, 1.165) is 25.9 Å². The van der Waals surface area contributed by atoms with Crippen molar-refractivity contribution in [3.63, 3.8) is 0 Å². The zero-order valence-corrected chi connectivity index (χ0v) is 10.5. The first kappa shape index (κ1) is 13.5. The fourth-order valence-electron chi connectivity index (χ4n) is 2.23. The van der Waals surface area contributed by atoms with Crippen LogP contribution in [-0.4, -0.2) is 42.6 Å². The van der Waals surface area contributed by atoms with Crippen LogP contribution in [0.5, 0.6) is 0 Å². The minimum absolute atomic E-state index is 0.0617. The third-order valence-corrected chi connectivity index (χ3v) is 3.33. The molecule has 0 atom stereocenters. The Hall–Kier alpha value is -0.610. The summed E-state index contributed by atoms with van der Waals surface area (Å²) in [5.74, 6) is 0.0617. The molecule has 0 aliphatic heterocycles. The van der Waals surface area contributed by atoms with Gasteiger partial charge in [-0.3, -0.25) is 4.79 Å². The second-order valence-corrected chi connectivity index (χ2v) is 4.63. The molecule has 1 amide bonds. The summed E-state index contributed by atoms with van der Waals surface area (Å²) < 4.78 is 5.45. The summed E-state index contributed by atoms with van der Waals surface area (Å²) in [4.78, 5) is 13.4. The van der Waals surface area contributed by atoms with E-state index in [0.29, 0.717) is 6.61 Å². The molecule has 0 radical (unpaired) electrons. The van der Waals surface area contributed by atoms with Crippen molar-refractivity contribution in [3.8, 4) is 0 Å². The van der Waals surface area contributed by atoms with Gasteiger partial charge in [-0.05, 0) is 26.7 Å². The number of carbonyl (C=O) groups is 1. The maximum Gasteiger partial charge on any atom is 0.248 e. The van der Waals surface area contributed by atoms with Crippen LogP contribution in [0.1, 0.15) is 39.5 Å². The van der Waals surface area contributed by atoms with Gasteiger partial charge in [0, 0.05) is 18.6 Å². The van der Waals surface area contributed by atoms with Gasteiger partial charge in [0.1, 0.15) is 6.61 Å². The van der Waals surface area contributed by atoms with E-state index in [-0.39, 0.29) is 18.1 Å². The van der Waals surface area contributed by atoms with Crippen LogP contribution in [0.2, 0.25) is 0 Å². The molecule has 1 saturated carbocycles. The molecule has 0 heterocycles. The van der Waals surface area contributed by atoms with Crippen molar-refractivity contribution in [1.82, 2.24) is 4.90 Å². The highest BCUT2D eigenvalue weighted by atomic mass is 16.5. The molecule has 0 bridgehead atoms. The molecule has 0 unspecified atom stereocenters. The summed E-state index contributed by atoms with van der Waals surface area (Å²) in [5.41, 5.74) is 5.96. The molecular weight excluding hydrogens is 204 g/mol. The van der Waals surface area contributed by atoms with E-state index in [1.54, 1.807) is 4.90 Å². The van der Waals surface area contributed by atoms with Crippen molar-refractivity contribution in [1.29, 1.82) is 0 Å². The topological polar surface area (TPSA) is 55.6 Å². The lowest BCUT2D eigenvalue weighted by Crippen LogP contribution is -2.43. The monoisotopic (exact) mass is 228 g/mol. The van der Waals surface area contributed by atoms with E-state index in [9.17, 15) is 4.79 Å². The minimum atomic E-state index is -0.177. The summed E-state index contributed by atoms with van der Waals surface area (Å²) in [6.07, 6.45) is 4.41. The summed E-state index contributed by atoms with van der Waals surface area (Å²) >= 11 is 0. The second-order valence-electron chi connectivity index (χ2n) is 4.63. The third-order valence-electron chi connectivity index (χ3n) is 3.33. The lowest BCUT2D eigenvalue weighted by molar-refractivity contribution is -0.136. The number of hydrogen-bond acceptors (Lipinski definition) is 3. The average Bonchev–Trinajstić information content (AvgIpc) is 2.67. The van der Waals surface area contributed by atoms with Gasteiger partial charge in [0.15, 0.2) is 0 Å². The summed E-state index contributed by atoms with van der Waals surface area (Å²) in [6, 6.07) is 0. The van der Waals surface area contributed by atoms with Crippen LogP contribution in [0.15, 0.2) is 0 Å². The van der Waals surface area contributed by atoms with Gasteiger partial charge in [0.2, 0.25) is 5.91 Å². The smallest absolute Gasteiger partial charge is 0.248 e. The molecule has 0 spiro atoms. The lowest BCUT2D eigenvalue weighted by Gasteiger charge is -2.24. The first-order valence-corrected chi connectivity index (χ1v) is 6.25. The molecule has 2 N–H and O–H groups in total. The highest BCUT2D eigenvalue weighted by Crippen LogP contribution is 2.27. The van der Waals surface area contributed by atoms with Gasteiger partial charge in [-0.1, -0.05) is 12.8 Å². The van der Waals surface area contributed by atoms with Gasteiger partial charge >= 0.3 is 0 Å². The number of likely N-dealkylation sites (N-methyl/N-ethyl adjacent to an activating group) is 1. The Morgan fingerprint density at radius 2 is 1.88 bits per heavy atom. The molecule has 0 aromatic carbocycles. The maximum absolute atomic E-state index is 11.6. The van der Waals surface area contributed by atoms with Gasteiger partial charge in [0.05, 0.1) is 6.61 Å². The number of nitrogens with two attached hydrogens (primary N) is 1. The van der Waals surface area contributed by atoms with Crippen LogP contribution in [0.3, 0.4) is 0 Å². The van der Waals surface area contributed by atoms with Crippen LogP contribution < -0.4 is 5.73 Å². The largest absolute Gasteiger partial charge is 0.370 e. The Morgan fingerprint density at radius 1 is 1.31 bits per heavy atom. The average molecular weight is 228 g/mol. The summed E-state index contributed by atoms with van der Waals surface area (Å²) in [5, 5.41) is 0. The number of amides is 1. The molecule has 1 aliphatic carbocycles. The Morgan fingerprint density at radius 3 is 2.38 bits per heavy atom. The number of ether oxygens (including phenoxy) is 1. The van der Waals surface area contributed by atoms with Crippen LogP contribution >= 0.6 is 0 Å². The molecule has 1 aliphatic rings. The predicted octanol–water partition coefficient (Wildman–Crippen LogP) is 1.14. The summed E-state index contributed by atoms with van der Waals surface area (Å²) in [7, 11) is 0. The van der Waals surface area contributed by atoms with Crippen molar-refractivity contribution in [2.45, 2.75) is 45.1 Å². The standard InChI is InChI=1S/C12H24N2O2/c1-3-14(4-2)11(15)9-16-10-12(13)7-5-6-8-12/h3-10,13H2,1-2H3. The van der Waals surface area contributed by atoms with Crippen LogP contribution in [0, 0.1) is 0 Å². The van der Waals surface area contributed by atoms with Crippen molar-refractivity contribution in [2.24, 2.45) is 5.73 Å². The van der Waals surface area contributed by atoms with Crippen LogP contribution in [-0.2, 0) is 9.53 Å². The number of nitrogens with zero attached hydrogens (tertiary/aromatic N) is 1. The molecule has 4 heteroatoms. The molecular formula is C12H24N2O2. The zero-order valence-electron chi connectivity index (χ0n) is 10.5. The minimum Gasteiger partial charge on any atom is -0.370 e. The van der Waals surface area contributed by atoms with Gasteiger partial charge in [-0.25, -0.2) is 0 Å². The van der Waals surface area contributed by atoms with Gasteiger partial charge in [-0.2, -0.15) is 0 Å². The number of carbonyl (C=O) groups excluding carboxylic acids is 1. The number of rotatable bonds is 6. The van der Waals surface area contributed by atoms with E-state index in [2.05, 4.69) is 0 Å². The Balaban J connectivity index is 2.21. The van der Waals surface area contributed by atoms with Crippen molar-refractivity contribution < 1.29 is 9.53 Å². The zero-order chi connectivity index (χ0) is 12.0. The first-order valence-electron chi connectivity index (χ1n) is 6.25.